The molecule has 0 saturated heterocycles. The Labute approximate surface area is 241 Å². The van der Waals surface area contributed by atoms with Crippen molar-refractivity contribution in [1.29, 1.82) is 0 Å². The summed E-state index contributed by atoms with van der Waals surface area (Å²) in [5.41, 5.74) is 5.42. The van der Waals surface area contributed by atoms with E-state index in [2.05, 4.69) is 15.4 Å². The van der Waals surface area contributed by atoms with Crippen molar-refractivity contribution in [3.05, 3.63) is 106 Å². The van der Waals surface area contributed by atoms with Crippen LogP contribution in [-0.2, 0) is 36.8 Å². The smallest absolute Gasteiger partial charge is 0.366 e. The van der Waals surface area contributed by atoms with Crippen LogP contribution in [0.2, 0.25) is 0 Å². The van der Waals surface area contributed by atoms with Gasteiger partial charge in [0.05, 0.1) is 17.3 Å². The number of benzene rings is 2. The number of alkyl halides is 3. The van der Waals surface area contributed by atoms with Crippen molar-refractivity contribution in [2.24, 2.45) is 11.7 Å². The van der Waals surface area contributed by atoms with Crippen LogP contribution in [0.25, 0.3) is 11.1 Å². The number of nitrogens with zero attached hydrogens (tertiary/aromatic N) is 3. The van der Waals surface area contributed by atoms with Gasteiger partial charge in [-0.3, -0.25) is 19.3 Å². The topological polar surface area (TPSA) is 103 Å². The molecule has 2 heterocycles. The fraction of sp³-hybridized carbons (Fsp3) is 0.267. The van der Waals surface area contributed by atoms with E-state index in [1.54, 1.807) is 19.1 Å². The Kier molecular flexibility index (Phi) is 8.00. The largest absolute Gasteiger partial charge is 0.435 e. The monoisotopic (exact) mass is 601 g/mol. The van der Waals surface area contributed by atoms with Crippen LogP contribution in [0, 0.1) is 23.4 Å². The van der Waals surface area contributed by atoms with E-state index in [0.29, 0.717) is 35.0 Å². The van der Waals surface area contributed by atoms with E-state index in [1.807, 2.05) is 0 Å². The highest BCUT2D eigenvalue weighted by atomic mass is 19.4. The third-order valence-electron chi connectivity index (χ3n) is 7.28. The number of carbonyl (C=O) groups excluding carboxylic acids is 2. The molecule has 0 spiro atoms. The molecule has 2 unspecified atom stereocenters. The van der Waals surface area contributed by atoms with E-state index in [0.717, 1.165) is 22.9 Å². The predicted octanol–water partition coefficient (Wildman–Crippen LogP) is 5.32. The number of pyridine rings is 1. The summed E-state index contributed by atoms with van der Waals surface area (Å²) in [5.74, 6) is -4.43. The fourth-order valence-corrected chi connectivity index (χ4v) is 5.43. The second kappa shape index (κ2) is 11.5. The first-order valence-electron chi connectivity index (χ1n) is 13.2. The van der Waals surface area contributed by atoms with Crippen molar-refractivity contribution in [2.45, 2.75) is 44.9 Å². The molecule has 0 radical (unpaired) electrons. The molecule has 5 rings (SSSR count). The summed E-state index contributed by atoms with van der Waals surface area (Å²) in [6, 6.07) is 8.52. The number of halogens is 6. The molecule has 13 heteroatoms. The van der Waals surface area contributed by atoms with Gasteiger partial charge in [-0.2, -0.15) is 18.3 Å². The Hall–Kier alpha value is -4.68. The van der Waals surface area contributed by atoms with Crippen molar-refractivity contribution in [1.82, 2.24) is 20.1 Å². The zero-order valence-corrected chi connectivity index (χ0v) is 22.7. The fourth-order valence-electron chi connectivity index (χ4n) is 5.43. The number of hydrogen-bond donors (Lipinski definition) is 2. The summed E-state index contributed by atoms with van der Waals surface area (Å²) in [5, 5.41) is 6.35. The lowest BCUT2D eigenvalue weighted by molar-refractivity contribution is -0.142. The zero-order valence-electron chi connectivity index (χ0n) is 22.7. The van der Waals surface area contributed by atoms with Crippen molar-refractivity contribution in [3.8, 4) is 11.1 Å². The summed E-state index contributed by atoms with van der Waals surface area (Å²) in [7, 11) is 0. The summed E-state index contributed by atoms with van der Waals surface area (Å²) >= 11 is 0. The SMILES string of the molecule is CC1Cc2c(C(F)(F)F)nn(CC(=O)NC(Cc3ncccc3-c3ccc(F)c(C(N)=O)c3)c3cc(F)cc(F)c3)c2C1. The molecule has 1 aliphatic rings. The molecule has 2 aromatic carbocycles. The molecule has 224 valence electrons. The van der Waals surface area contributed by atoms with Crippen molar-refractivity contribution < 1.29 is 35.9 Å². The minimum absolute atomic E-state index is 0.0367. The molecule has 2 atom stereocenters. The lowest BCUT2D eigenvalue weighted by atomic mass is 9.95. The Morgan fingerprint density at radius 1 is 1.07 bits per heavy atom. The van der Waals surface area contributed by atoms with Crippen LogP contribution in [0.15, 0.2) is 54.7 Å². The number of primary amides is 1. The van der Waals surface area contributed by atoms with Gasteiger partial charge in [-0.05, 0) is 60.2 Å². The first kappa shape index (κ1) is 29.8. The normalized spacial score (nSPS) is 15.3. The van der Waals surface area contributed by atoms with Gasteiger partial charge in [0.1, 0.15) is 24.0 Å². The molecule has 3 N–H and O–H groups in total. The zero-order chi connectivity index (χ0) is 31.1. The molecule has 4 aromatic rings. The standard InChI is InChI=1S/C30H25F6N5O2/c1-15-7-22-26(8-15)41(40-28(22)30(34,35)36)14-27(42)39-24(17-9-18(31)12-19(32)10-17)13-25-20(3-2-6-38-25)16-4-5-23(33)21(11-16)29(37)43/h2-6,9-12,15,24H,7-8,13-14H2,1H3,(H2,37,43)(H,39,42). The van der Waals surface area contributed by atoms with Crippen LogP contribution in [0.3, 0.4) is 0 Å². The third-order valence-corrected chi connectivity index (χ3v) is 7.28. The number of carbonyl (C=O) groups is 2. The molecule has 2 amide bonds. The second-order valence-electron chi connectivity index (χ2n) is 10.5. The van der Waals surface area contributed by atoms with Crippen LogP contribution in [0.5, 0.6) is 0 Å². The van der Waals surface area contributed by atoms with Gasteiger partial charge in [0, 0.05) is 35.5 Å². The predicted molar refractivity (Wildman–Crippen MR) is 143 cm³/mol. The summed E-state index contributed by atoms with van der Waals surface area (Å²) in [6.45, 7) is 1.24. The van der Waals surface area contributed by atoms with Gasteiger partial charge in [0.2, 0.25) is 5.91 Å². The highest BCUT2D eigenvalue weighted by Crippen LogP contribution is 2.38. The minimum Gasteiger partial charge on any atom is -0.366 e. The Morgan fingerprint density at radius 3 is 2.47 bits per heavy atom. The van der Waals surface area contributed by atoms with Crippen molar-refractivity contribution >= 4 is 11.8 Å². The maximum Gasteiger partial charge on any atom is 0.435 e. The van der Waals surface area contributed by atoms with Crippen molar-refractivity contribution in [2.75, 3.05) is 0 Å². The first-order valence-corrected chi connectivity index (χ1v) is 13.2. The molecule has 0 fully saturated rings. The minimum atomic E-state index is -4.69. The maximum atomic E-state index is 14.2. The quantitative estimate of drug-likeness (QED) is 0.267. The number of hydrogen-bond acceptors (Lipinski definition) is 4. The lowest BCUT2D eigenvalue weighted by Gasteiger charge is -2.21. The van der Waals surface area contributed by atoms with Gasteiger partial charge >= 0.3 is 6.18 Å². The molecule has 2 aromatic heterocycles. The Morgan fingerprint density at radius 2 is 1.79 bits per heavy atom. The van der Waals surface area contributed by atoms with Crippen molar-refractivity contribution in [3.63, 3.8) is 0 Å². The highest BCUT2D eigenvalue weighted by Gasteiger charge is 2.41. The number of aromatic nitrogens is 3. The maximum absolute atomic E-state index is 14.2. The molecule has 0 bridgehead atoms. The van der Waals surface area contributed by atoms with E-state index in [9.17, 15) is 35.9 Å². The summed E-state index contributed by atoms with van der Waals surface area (Å²) < 4.78 is 84.6. The van der Waals surface area contributed by atoms with Crippen LogP contribution in [0.1, 0.15) is 51.5 Å². The summed E-state index contributed by atoms with van der Waals surface area (Å²) in [4.78, 5) is 29.3. The van der Waals surface area contributed by atoms with Gasteiger partial charge in [-0.15, -0.1) is 0 Å². The Bertz CT molecular complexity index is 1700. The first-order chi connectivity index (χ1) is 20.3. The van der Waals surface area contributed by atoms with Crippen LogP contribution in [-0.4, -0.2) is 26.6 Å². The lowest BCUT2D eigenvalue weighted by Crippen LogP contribution is -2.34. The molecular weight excluding hydrogens is 576 g/mol. The third kappa shape index (κ3) is 6.40. The van der Waals surface area contributed by atoms with Gasteiger partial charge in [-0.25, -0.2) is 13.2 Å². The van der Waals surface area contributed by atoms with E-state index in [1.165, 1.54) is 18.3 Å². The molecule has 1 aliphatic carbocycles. The van der Waals surface area contributed by atoms with E-state index < -0.39 is 53.7 Å². The van der Waals surface area contributed by atoms with Crippen LogP contribution in [0.4, 0.5) is 26.3 Å². The number of amides is 2. The summed E-state index contributed by atoms with van der Waals surface area (Å²) in [6.07, 6.45) is -2.89. The van der Waals surface area contributed by atoms with Gasteiger partial charge in [0.15, 0.2) is 5.69 Å². The van der Waals surface area contributed by atoms with Gasteiger partial charge < -0.3 is 11.1 Å². The molecular formula is C30H25F6N5O2. The van der Waals surface area contributed by atoms with Crippen LogP contribution < -0.4 is 11.1 Å². The molecule has 0 aliphatic heterocycles. The van der Waals surface area contributed by atoms with E-state index >= 15 is 0 Å². The van der Waals surface area contributed by atoms with Crippen LogP contribution >= 0.6 is 0 Å². The highest BCUT2D eigenvalue weighted by molar-refractivity contribution is 5.94. The second-order valence-corrected chi connectivity index (χ2v) is 10.5. The van der Waals surface area contributed by atoms with Gasteiger partial charge in [0.25, 0.3) is 5.91 Å². The molecule has 0 saturated carbocycles. The number of fused-ring (bicyclic) bond motifs is 1. The van der Waals surface area contributed by atoms with E-state index in [-0.39, 0.29) is 35.4 Å². The van der Waals surface area contributed by atoms with E-state index in [4.69, 9.17) is 5.73 Å². The van der Waals surface area contributed by atoms with Gasteiger partial charge in [-0.1, -0.05) is 19.1 Å². The Balaban J connectivity index is 1.48. The number of rotatable bonds is 8. The average molecular weight is 602 g/mol. The molecule has 43 heavy (non-hydrogen) atoms. The molecule has 7 nitrogen and oxygen atoms in total. The number of nitrogens with one attached hydrogen (secondary N) is 1. The number of nitrogens with two attached hydrogens (primary N) is 1. The average Bonchev–Trinajstić information content (AvgIpc) is 3.45.